The van der Waals surface area contributed by atoms with Gasteiger partial charge in [0.2, 0.25) is 0 Å². The SMILES string of the molecule is CC1(C)CN2CC(C)(C)[N-]C2[N-]1.CC1(C)CN2CC(C)(C)[N-]C2[N-]1.[Sr+2]. The Balaban J connectivity index is 0.000000173. The Kier molecular flexibility index (Phi) is 6.53. The molecule has 0 atom stereocenters. The third-order valence-corrected chi connectivity index (χ3v) is 4.87. The van der Waals surface area contributed by atoms with Crippen LogP contribution >= 0.6 is 0 Å². The quantitative estimate of drug-likeness (QED) is 0.562. The molecule has 0 aromatic heterocycles. The number of fused-ring (bicyclic) bond motifs is 2. The molecule has 4 rings (SSSR count). The smallest absolute Gasteiger partial charge is 0.659 e. The van der Waals surface area contributed by atoms with Crippen LogP contribution < -0.4 is 0 Å². The Hall–Kier alpha value is 1.24. The molecule has 0 spiro atoms. The molecule has 0 amide bonds. The molecule has 0 bridgehead atoms. The normalized spacial score (nSPS) is 32.6. The summed E-state index contributed by atoms with van der Waals surface area (Å²) in [5, 5.41) is 18.5. The first-order chi connectivity index (χ1) is 10.8. The van der Waals surface area contributed by atoms with E-state index in [4.69, 9.17) is 0 Å². The zero-order valence-corrected chi connectivity index (χ0v) is 20.8. The van der Waals surface area contributed by atoms with Gasteiger partial charge >= 0.3 is 45.5 Å². The van der Waals surface area contributed by atoms with Crippen LogP contribution in [0.3, 0.4) is 0 Å². The molecular formula is C18H34N6Sr-2. The van der Waals surface area contributed by atoms with E-state index in [1.807, 2.05) is 0 Å². The van der Waals surface area contributed by atoms with Crippen molar-refractivity contribution in [2.45, 2.75) is 90.1 Å². The van der Waals surface area contributed by atoms with Gasteiger partial charge in [-0.15, -0.1) is 22.2 Å². The number of hydrogen-bond acceptors (Lipinski definition) is 2. The zero-order chi connectivity index (χ0) is 18.0. The molecule has 4 saturated heterocycles. The molecule has 4 aliphatic heterocycles. The Morgan fingerprint density at radius 1 is 0.520 bits per heavy atom. The molecule has 0 aliphatic carbocycles. The minimum Gasteiger partial charge on any atom is -0.659 e. The Morgan fingerprint density at radius 3 is 0.880 bits per heavy atom. The first kappa shape index (κ1) is 22.5. The van der Waals surface area contributed by atoms with Gasteiger partial charge in [-0.1, -0.05) is 55.4 Å². The molecule has 0 aromatic rings. The summed E-state index contributed by atoms with van der Waals surface area (Å²) in [6, 6.07) is 0. The van der Waals surface area contributed by atoms with E-state index >= 15 is 0 Å². The van der Waals surface area contributed by atoms with Crippen molar-refractivity contribution in [2.75, 3.05) is 26.2 Å². The van der Waals surface area contributed by atoms with Gasteiger partial charge < -0.3 is 31.1 Å². The van der Waals surface area contributed by atoms with E-state index < -0.39 is 0 Å². The van der Waals surface area contributed by atoms with E-state index in [1.54, 1.807) is 0 Å². The van der Waals surface area contributed by atoms with Crippen molar-refractivity contribution in [3.8, 4) is 0 Å². The van der Waals surface area contributed by atoms with Gasteiger partial charge in [0.15, 0.2) is 0 Å². The minimum atomic E-state index is 0. The molecular weight excluding hydrogens is 388 g/mol. The standard InChI is InChI=1S/2C9H17N3.Sr/c2*1-8(2)5-12-6-9(3,4)11-7(12)10-8;/h2*7H,5-6H2,1-4H3;/q2*-2;+2. The molecule has 4 aliphatic rings. The van der Waals surface area contributed by atoms with Gasteiger partial charge in [-0.3, -0.25) is 0 Å². The fourth-order valence-electron chi connectivity index (χ4n) is 4.22. The van der Waals surface area contributed by atoms with Crippen molar-refractivity contribution in [3.63, 3.8) is 0 Å². The third-order valence-electron chi connectivity index (χ3n) is 4.87. The maximum absolute atomic E-state index is 4.64. The van der Waals surface area contributed by atoms with E-state index in [-0.39, 0.29) is 80.2 Å². The number of nitrogens with zero attached hydrogens (tertiary/aromatic N) is 6. The summed E-state index contributed by atoms with van der Waals surface area (Å²) in [4.78, 5) is 4.72. The molecule has 6 nitrogen and oxygen atoms in total. The summed E-state index contributed by atoms with van der Waals surface area (Å²) < 4.78 is 0. The first-order valence-electron chi connectivity index (χ1n) is 9.12. The third kappa shape index (κ3) is 5.62. The van der Waals surface area contributed by atoms with Gasteiger partial charge in [0, 0.05) is 0 Å². The van der Waals surface area contributed by atoms with Crippen LogP contribution in [0, 0.1) is 0 Å². The topological polar surface area (TPSA) is 62.9 Å². The van der Waals surface area contributed by atoms with Crippen LogP contribution in [0.4, 0.5) is 0 Å². The maximum Gasteiger partial charge on any atom is 2.00 e. The van der Waals surface area contributed by atoms with Crippen molar-refractivity contribution in [1.82, 2.24) is 9.80 Å². The predicted octanol–water partition coefficient (Wildman–Crippen LogP) is 3.43. The molecule has 0 radical (unpaired) electrons. The van der Waals surface area contributed by atoms with E-state index in [0.29, 0.717) is 0 Å². The summed E-state index contributed by atoms with van der Waals surface area (Å²) in [6.45, 7) is 21.6. The largest absolute Gasteiger partial charge is 2.00 e. The maximum atomic E-state index is 4.64. The van der Waals surface area contributed by atoms with Gasteiger partial charge in [-0.25, -0.2) is 0 Å². The number of rotatable bonds is 0. The molecule has 4 heterocycles. The first-order valence-corrected chi connectivity index (χ1v) is 9.12. The summed E-state index contributed by atoms with van der Waals surface area (Å²) in [6.07, 6.45) is 0.296. The van der Waals surface area contributed by atoms with Gasteiger partial charge in [0.1, 0.15) is 0 Å². The fourth-order valence-corrected chi connectivity index (χ4v) is 4.22. The molecule has 0 unspecified atom stereocenters. The average Bonchev–Trinajstić information content (AvgIpc) is 2.89. The molecule has 140 valence electrons. The second kappa shape index (κ2) is 7.25. The van der Waals surface area contributed by atoms with Crippen molar-refractivity contribution in [1.29, 1.82) is 0 Å². The second-order valence-electron chi connectivity index (χ2n) is 10.3. The van der Waals surface area contributed by atoms with Crippen molar-refractivity contribution in [2.24, 2.45) is 0 Å². The molecule has 0 aromatic carbocycles. The van der Waals surface area contributed by atoms with Gasteiger partial charge in [-0.05, 0) is 26.2 Å². The summed E-state index contributed by atoms with van der Waals surface area (Å²) in [5.74, 6) is 0. The van der Waals surface area contributed by atoms with Crippen molar-refractivity contribution in [3.05, 3.63) is 21.3 Å². The molecule has 4 fully saturated rings. The zero-order valence-electron chi connectivity index (χ0n) is 17.4. The fraction of sp³-hybridized carbons (Fsp3) is 1.00. The van der Waals surface area contributed by atoms with Gasteiger partial charge in [0.05, 0.1) is 0 Å². The van der Waals surface area contributed by atoms with Crippen LogP contribution in [0.5, 0.6) is 0 Å². The van der Waals surface area contributed by atoms with Gasteiger partial charge in [-0.2, -0.15) is 12.6 Å². The van der Waals surface area contributed by atoms with Crippen LogP contribution in [-0.2, 0) is 0 Å². The van der Waals surface area contributed by atoms with Crippen molar-refractivity contribution < 1.29 is 0 Å². The van der Waals surface area contributed by atoms with E-state index in [1.165, 1.54) is 0 Å². The predicted molar refractivity (Wildman–Crippen MR) is 106 cm³/mol. The van der Waals surface area contributed by atoms with Crippen molar-refractivity contribution >= 4 is 45.5 Å². The van der Waals surface area contributed by atoms with E-state index in [9.17, 15) is 0 Å². The summed E-state index contributed by atoms with van der Waals surface area (Å²) in [7, 11) is 0. The molecule has 0 N–H and O–H groups in total. The Morgan fingerprint density at radius 2 is 0.720 bits per heavy atom. The van der Waals surface area contributed by atoms with E-state index in [2.05, 4.69) is 86.5 Å². The van der Waals surface area contributed by atoms with Crippen LogP contribution in [0.1, 0.15) is 55.4 Å². The molecule has 25 heavy (non-hydrogen) atoms. The van der Waals surface area contributed by atoms with E-state index in [0.717, 1.165) is 26.2 Å². The molecule has 0 saturated carbocycles. The van der Waals surface area contributed by atoms with Gasteiger partial charge in [0.25, 0.3) is 0 Å². The minimum absolute atomic E-state index is 0. The summed E-state index contributed by atoms with van der Waals surface area (Å²) >= 11 is 0. The molecule has 7 heteroatoms. The monoisotopic (exact) mass is 422 g/mol. The average molecular weight is 422 g/mol. The van der Waals surface area contributed by atoms with Crippen LogP contribution in [0.2, 0.25) is 0 Å². The summed E-state index contributed by atoms with van der Waals surface area (Å²) in [5.41, 5.74) is 0.463. The second-order valence-corrected chi connectivity index (χ2v) is 10.3. The van der Waals surface area contributed by atoms with Crippen LogP contribution in [0.15, 0.2) is 0 Å². The van der Waals surface area contributed by atoms with Crippen LogP contribution in [-0.4, -0.2) is 116 Å². The Labute approximate surface area is 191 Å². The van der Waals surface area contributed by atoms with Crippen LogP contribution in [0.25, 0.3) is 21.3 Å². The Bertz CT molecular complexity index is 370. The number of hydrogen-bond donors (Lipinski definition) is 0.